The van der Waals surface area contributed by atoms with Crippen LogP contribution in [0, 0.1) is 0 Å². The molecule has 6 heteroatoms. The van der Waals surface area contributed by atoms with E-state index >= 15 is 0 Å². The molecule has 0 spiro atoms. The highest BCUT2D eigenvalue weighted by atomic mass is 35.5. The second-order valence-corrected chi connectivity index (χ2v) is 4.86. The Morgan fingerprint density at radius 3 is 2.39 bits per heavy atom. The summed E-state index contributed by atoms with van der Waals surface area (Å²) in [7, 11) is 5.76. The Bertz CT molecular complexity index is 557. The molecule has 0 N–H and O–H groups in total. The summed E-state index contributed by atoms with van der Waals surface area (Å²) in [6.07, 6.45) is 1.49. The number of halogens is 3. The molecule has 0 saturated carbocycles. The Balaban J connectivity index is 2.13. The maximum atomic E-state index is 5.87. The van der Waals surface area contributed by atoms with E-state index in [0.29, 0.717) is 26.4 Å². The number of nitrogens with zero attached hydrogens (tertiary/aromatic N) is 1. The highest BCUT2D eigenvalue weighted by Gasteiger charge is 2.03. The van der Waals surface area contributed by atoms with E-state index in [9.17, 15) is 0 Å². The molecule has 90 valence electrons. The first-order valence-corrected chi connectivity index (χ1v) is 6.17. The van der Waals surface area contributed by atoms with Crippen molar-refractivity contribution in [3.8, 4) is 5.75 Å². The minimum absolute atomic E-state index is 0.269. The standard InChI is InChI=1S/C12H7BCl3NO/c13-11-5-17-12(16)1-7(11)6-18-10-3-8(14)2-9(15)4-10/h1-5H,6H2. The SMILES string of the molecule is [B]c1cnc(Cl)cc1COc1cc(Cl)cc(Cl)c1. The zero-order valence-electron chi connectivity index (χ0n) is 9.16. The number of rotatable bonds is 3. The van der Waals surface area contributed by atoms with E-state index in [-0.39, 0.29) is 6.61 Å². The molecule has 0 bridgehead atoms. The Morgan fingerprint density at radius 1 is 1.06 bits per heavy atom. The zero-order chi connectivity index (χ0) is 13.1. The second kappa shape index (κ2) is 5.83. The molecule has 2 nitrogen and oxygen atoms in total. The van der Waals surface area contributed by atoms with Crippen LogP contribution in [0.3, 0.4) is 0 Å². The van der Waals surface area contributed by atoms with Gasteiger partial charge >= 0.3 is 0 Å². The van der Waals surface area contributed by atoms with Gasteiger partial charge in [-0.05, 0) is 29.8 Å². The normalized spacial score (nSPS) is 10.4. The van der Waals surface area contributed by atoms with Crippen LogP contribution in [0.25, 0.3) is 0 Å². The fourth-order valence-corrected chi connectivity index (χ4v) is 2.06. The summed E-state index contributed by atoms with van der Waals surface area (Å²) in [6.45, 7) is 0.269. The lowest BCUT2D eigenvalue weighted by atomic mass is 9.93. The second-order valence-electron chi connectivity index (χ2n) is 3.60. The Hall–Kier alpha value is -0.895. The van der Waals surface area contributed by atoms with Gasteiger partial charge in [-0.2, -0.15) is 0 Å². The Morgan fingerprint density at radius 2 is 1.72 bits per heavy atom. The number of hydrogen-bond donors (Lipinski definition) is 0. The lowest BCUT2D eigenvalue weighted by Crippen LogP contribution is -2.13. The van der Waals surface area contributed by atoms with Crippen molar-refractivity contribution in [2.75, 3.05) is 0 Å². The van der Waals surface area contributed by atoms with Gasteiger partial charge in [0.2, 0.25) is 0 Å². The summed E-state index contributed by atoms with van der Waals surface area (Å²) >= 11 is 17.5. The fraction of sp³-hybridized carbons (Fsp3) is 0.0833. The van der Waals surface area contributed by atoms with Crippen LogP contribution in [0.15, 0.2) is 30.5 Å². The van der Waals surface area contributed by atoms with E-state index in [1.54, 1.807) is 24.3 Å². The van der Waals surface area contributed by atoms with E-state index < -0.39 is 0 Å². The fourth-order valence-electron chi connectivity index (χ4n) is 1.38. The first-order valence-electron chi connectivity index (χ1n) is 5.03. The molecule has 0 aliphatic heterocycles. The van der Waals surface area contributed by atoms with Gasteiger partial charge in [0.1, 0.15) is 25.4 Å². The van der Waals surface area contributed by atoms with E-state index in [1.165, 1.54) is 6.20 Å². The number of aromatic nitrogens is 1. The van der Waals surface area contributed by atoms with Gasteiger partial charge in [-0.3, -0.25) is 0 Å². The zero-order valence-corrected chi connectivity index (χ0v) is 11.4. The quantitative estimate of drug-likeness (QED) is 0.640. The van der Waals surface area contributed by atoms with Crippen LogP contribution in [0.5, 0.6) is 5.75 Å². The molecule has 18 heavy (non-hydrogen) atoms. The highest BCUT2D eigenvalue weighted by molar-refractivity contribution is 6.35. The van der Waals surface area contributed by atoms with Crippen molar-refractivity contribution in [1.82, 2.24) is 4.98 Å². The van der Waals surface area contributed by atoms with Crippen molar-refractivity contribution in [2.45, 2.75) is 6.61 Å². The summed E-state index contributed by atoms with van der Waals surface area (Å²) in [5.74, 6) is 0.569. The molecule has 1 aromatic heterocycles. The molecule has 0 atom stereocenters. The van der Waals surface area contributed by atoms with Crippen LogP contribution in [0.4, 0.5) is 0 Å². The molecule has 0 unspecified atom stereocenters. The van der Waals surface area contributed by atoms with E-state index in [1.807, 2.05) is 0 Å². The maximum Gasteiger partial charge on any atom is 0.129 e. The largest absolute Gasteiger partial charge is 0.489 e. The summed E-state index contributed by atoms with van der Waals surface area (Å²) in [5.41, 5.74) is 1.28. The van der Waals surface area contributed by atoms with Crippen molar-refractivity contribution in [2.24, 2.45) is 0 Å². The molecular weight excluding hydrogens is 291 g/mol. The molecule has 0 amide bonds. The third-order valence-electron chi connectivity index (χ3n) is 2.22. The number of ether oxygens (including phenoxy) is 1. The average molecular weight is 298 g/mol. The van der Waals surface area contributed by atoms with Gasteiger partial charge in [-0.25, -0.2) is 4.98 Å². The van der Waals surface area contributed by atoms with Crippen LogP contribution < -0.4 is 10.2 Å². The summed E-state index contributed by atoms with van der Waals surface area (Å²) < 4.78 is 5.55. The predicted molar refractivity (Wildman–Crippen MR) is 75.4 cm³/mol. The van der Waals surface area contributed by atoms with Crippen LogP contribution in [-0.4, -0.2) is 12.8 Å². The van der Waals surface area contributed by atoms with Gasteiger partial charge in [-0.15, -0.1) is 0 Å². The molecule has 2 aromatic rings. The van der Waals surface area contributed by atoms with Crippen molar-refractivity contribution >= 4 is 48.1 Å². The Labute approximate surface area is 121 Å². The summed E-state index contributed by atoms with van der Waals surface area (Å²) in [4.78, 5) is 3.87. The van der Waals surface area contributed by atoms with E-state index in [2.05, 4.69) is 4.98 Å². The predicted octanol–water partition coefficient (Wildman–Crippen LogP) is 3.41. The highest BCUT2D eigenvalue weighted by Crippen LogP contribution is 2.24. The van der Waals surface area contributed by atoms with Gasteiger partial charge in [0, 0.05) is 16.2 Å². The third kappa shape index (κ3) is 3.55. The molecule has 0 aliphatic rings. The monoisotopic (exact) mass is 297 g/mol. The third-order valence-corrected chi connectivity index (χ3v) is 2.86. The minimum Gasteiger partial charge on any atom is -0.489 e. The molecule has 0 saturated heterocycles. The summed E-state index contributed by atoms with van der Waals surface area (Å²) in [5, 5.41) is 1.39. The van der Waals surface area contributed by atoms with Gasteiger partial charge < -0.3 is 4.74 Å². The van der Waals surface area contributed by atoms with Crippen molar-refractivity contribution in [1.29, 1.82) is 0 Å². The number of benzene rings is 1. The molecule has 2 rings (SSSR count). The smallest absolute Gasteiger partial charge is 0.129 e. The average Bonchev–Trinajstić information content (AvgIpc) is 2.29. The van der Waals surface area contributed by atoms with Crippen LogP contribution in [-0.2, 0) is 6.61 Å². The van der Waals surface area contributed by atoms with Crippen molar-refractivity contribution < 1.29 is 4.74 Å². The van der Waals surface area contributed by atoms with Gasteiger partial charge in [-0.1, -0.05) is 40.3 Å². The summed E-state index contributed by atoms with van der Waals surface area (Å²) in [6, 6.07) is 6.63. The molecule has 1 aromatic carbocycles. The number of pyridine rings is 1. The molecule has 0 aliphatic carbocycles. The first-order chi connectivity index (χ1) is 8.54. The maximum absolute atomic E-state index is 5.87. The van der Waals surface area contributed by atoms with E-state index in [0.717, 1.165) is 5.56 Å². The van der Waals surface area contributed by atoms with Crippen LogP contribution in [0.2, 0.25) is 15.2 Å². The molecule has 2 radical (unpaired) electrons. The topological polar surface area (TPSA) is 22.1 Å². The van der Waals surface area contributed by atoms with Gasteiger partial charge in [0.05, 0.1) is 0 Å². The molecule has 1 heterocycles. The van der Waals surface area contributed by atoms with Crippen LogP contribution in [0.1, 0.15) is 5.56 Å². The van der Waals surface area contributed by atoms with Crippen molar-refractivity contribution in [3.63, 3.8) is 0 Å². The van der Waals surface area contributed by atoms with Gasteiger partial charge in [0.15, 0.2) is 0 Å². The first kappa shape index (κ1) is 13.5. The Kier molecular flexibility index (Phi) is 4.38. The van der Waals surface area contributed by atoms with E-state index in [4.69, 9.17) is 47.4 Å². The lowest BCUT2D eigenvalue weighted by molar-refractivity contribution is 0.307. The molecule has 0 fully saturated rings. The lowest BCUT2D eigenvalue weighted by Gasteiger charge is -2.09. The molecular formula is C12H7BCl3NO. The van der Waals surface area contributed by atoms with Gasteiger partial charge in [0.25, 0.3) is 0 Å². The van der Waals surface area contributed by atoms with Crippen LogP contribution >= 0.6 is 34.8 Å². The van der Waals surface area contributed by atoms with Crippen molar-refractivity contribution in [3.05, 3.63) is 51.2 Å². The minimum atomic E-state index is 0.269. The number of hydrogen-bond acceptors (Lipinski definition) is 2.